The molecule has 0 nitrogen and oxygen atoms in total. The smallest absolute Gasteiger partial charge is 0.206 e. The molecule has 138 valence electrons. The summed E-state index contributed by atoms with van der Waals surface area (Å²) in [4.78, 5) is 0. The van der Waals surface area contributed by atoms with Gasteiger partial charge in [0, 0.05) is 11.6 Å². The Labute approximate surface area is 149 Å². The van der Waals surface area contributed by atoms with Gasteiger partial charge in [0.05, 0.1) is 0 Å². The van der Waals surface area contributed by atoms with Crippen molar-refractivity contribution in [2.24, 2.45) is 0 Å². The zero-order valence-electron chi connectivity index (χ0n) is 14.1. The summed E-state index contributed by atoms with van der Waals surface area (Å²) in [5.74, 6) is -1.50. The Morgan fingerprint density at radius 2 is 1.38 bits per heavy atom. The van der Waals surface area contributed by atoms with Gasteiger partial charge in [-0.15, -0.1) is 0 Å². The molecule has 0 aliphatic heterocycles. The summed E-state index contributed by atoms with van der Waals surface area (Å²) in [7, 11) is 0. The molecular formula is C21H19F5. The molecule has 0 amide bonds. The maximum Gasteiger partial charge on any atom is 0.409 e. The number of hydrogen-bond acceptors (Lipinski definition) is 0. The Balaban J connectivity index is 1.84. The molecule has 2 aromatic carbocycles. The lowest BCUT2D eigenvalue weighted by atomic mass is 9.83. The van der Waals surface area contributed by atoms with Crippen LogP contribution in [0.5, 0.6) is 0 Å². The number of allylic oxidation sites excluding steroid dienone is 1. The molecule has 3 rings (SSSR count). The Kier molecular flexibility index (Phi) is 5.44. The van der Waals surface area contributed by atoms with Crippen LogP contribution in [0.4, 0.5) is 22.0 Å². The van der Waals surface area contributed by atoms with Gasteiger partial charge in [-0.25, -0.2) is 8.78 Å². The average Bonchev–Trinajstić information content (AvgIpc) is 2.61. The monoisotopic (exact) mass is 366 g/mol. The normalized spacial score (nSPS) is 16.3. The molecule has 26 heavy (non-hydrogen) atoms. The zero-order valence-corrected chi connectivity index (χ0v) is 14.1. The summed E-state index contributed by atoms with van der Waals surface area (Å²) in [6, 6.07) is 9.69. The molecule has 0 N–H and O–H groups in total. The van der Waals surface area contributed by atoms with Crippen molar-refractivity contribution in [2.45, 2.75) is 44.2 Å². The predicted octanol–water partition coefficient (Wildman–Crippen LogP) is 7.26. The highest BCUT2D eigenvalue weighted by Gasteiger charge is 2.23. The van der Waals surface area contributed by atoms with Crippen LogP contribution in [0.25, 0.3) is 17.2 Å². The lowest BCUT2D eigenvalue weighted by molar-refractivity contribution is -0.0790. The molecule has 2 aromatic rings. The minimum atomic E-state index is -4.62. The molecule has 0 heterocycles. The van der Waals surface area contributed by atoms with E-state index >= 15 is 0 Å². The number of alkyl halides is 3. The third-order valence-corrected chi connectivity index (χ3v) is 4.84. The summed E-state index contributed by atoms with van der Waals surface area (Å²) >= 11 is 0. The summed E-state index contributed by atoms with van der Waals surface area (Å²) in [6.45, 7) is 0. The first-order chi connectivity index (χ1) is 12.3. The first kappa shape index (κ1) is 18.6. The number of hydrogen-bond donors (Lipinski definition) is 0. The minimum Gasteiger partial charge on any atom is -0.206 e. The molecule has 1 aliphatic rings. The quantitative estimate of drug-likeness (QED) is 0.502. The summed E-state index contributed by atoms with van der Waals surface area (Å²) < 4.78 is 64.8. The molecule has 0 radical (unpaired) electrons. The van der Waals surface area contributed by atoms with E-state index in [-0.39, 0.29) is 6.08 Å². The number of benzene rings is 2. The van der Waals surface area contributed by atoms with Gasteiger partial charge in [0.25, 0.3) is 0 Å². The van der Waals surface area contributed by atoms with Crippen molar-refractivity contribution in [2.75, 3.05) is 0 Å². The van der Waals surface area contributed by atoms with E-state index in [1.54, 1.807) is 0 Å². The van der Waals surface area contributed by atoms with Gasteiger partial charge in [-0.2, -0.15) is 13.2 Å². The van der Waals surface area contributed by atoms with Gasteiger partial charge >= 0.3 is 6.18 Å². The van der Waals surface area contributed by atoms with E-state index < -0.39 is 23.4 Å². The third-order valence-electron chi connectivity index (χ3n) is 4.84. The topological polar surface area (TPSA) is 0 Å². The minimum absolute atomic E-state index is 0.173. The van der Waals surface area contributed by atoms with Crippen LogP contribution >= 0.6 is 0 Å². The number of rotatable bonds is 3. The lowest BCUT2D eigenvalue weighted by Crippen LogP contribution is -2.04. The van der Waals surface area contributed by atoms with Crippen molar-refractivity contribution in [3.8, 4) is 11.1 Å². The van der Waals surface area contributed by atoms with Crippen LogP contribution in [-0.2, 0) is 0 Å². The number of halogens is 5. The maximum atomic E-state index is 14.1. The van der Waals surface area contributed by atoms with E-state index in [2.05, 4.69) is 0 Å². The summed E-state index contributed by atoms with van der Waals surface area (Å²) in [6.07, 6.45) is 1.64. The predicted molar refractivity (Wildman–Crippen MR) is 92.7 cm³/mol. The Hall–Kier alpha value is -2.17. The van der Waals surface area contributed by atoms with Gasteiger partial charge in [0.1, 0.15) is 11.6 Å². The molecule has 5 heteroatoms. The standard InChI is InChI=1S/C21H19F5/c22-19-12-17(13-20(23)18(19)10-11-21(24,25)26)16-8-6-15(7-9-16)14-4-2-1-3-5-14/h6-14H,1-5H2/b11-10+. The highest BCUT2D eigenvalue weighted by atomic mass is 19.4. The van der Waals surface area contributed by atoms with E-state index in [4.69, 9.17) is 0 Å². The third kappa shape index (κ3) is 4.51. The fourth-order valence-corrected chi connectivity index (χ4v) is 3.47. The molecule has 0 spiro atoms. The molecule has 0 saturated heterocycles. The van der Waals surface area contributed by atoms with Gasteiger partial charge in [-0.05, 0) is 53.7 Å². The molecule has 1 aliphatic carbocycles. The Morgan fingerprint density at radius 3 is 1.92 bits per heavy atom. The summed E-state index contributed by atoms with van der Waals surface area (Å²) in [5, 5.41) is 0. The van der Waals surface area contributed by atoms with Crippen molar-refractivity contribution in [1.29, 1.82) is 0 Å². The van der Waals surface area contributed by atoms with Crippen molar-refractivity contribution < 1.29 is 22.0 Å². The van der Waals surface area contributed by atoms with Crippen LogP contribution in [0, 0.1) is 11.6 Å². The zero-order chi connectivity index (χ0) is 18.7. The second kappa shape index (κ2) is 7.60. The van der Waals surface area contributed by atoms with Crippen molar-refractivity contribution in [3.05, 3.63) is 65.2 Å². The Morgan fingerprint density at radius 1 is 0.808 bits per heavy atom. The van der Waals surface area contributed by atoms with Crippen molar-refractivity contribution in [3.63, 3.8) is 0 Å². The van der Waals surface area contributed by atoms with Crippen LogP contribution in [0.2, 0.25) is 0 Å². The van der Waals surface area contributed by atoms with Crippen LogP contribution in [0.15, 0.2) is 42.5 Å². The Bertz CT molecular complexity index is 758. The van der Waals surface area contributed by atoms with Gasteiger partial charge in [0.15, 0.2) is 0 Å². The molecule has 0 aromatic heterocycles. The van der Waals surface area contributed by atoms with Crippen LogP contribution in [0.3, 0.4) is 0 Å². The fourth-order valence-electron chi connectivity index (χ4n) is 3.47. The van der Waals surface area contributed by atoms with Crippen molar-refractivity contribution >= 4 is 6.08 Å². The van der Waals surface area contributed by atoms with E-state index in [0.29, 0.717) is 23.1 Å². The van der Waals surface area contributed by atoms with Crippen LogP contribution in [0.1, 0.15) is 49.1 Å². The molecule has 1 fully saturated rings. The maximum absolute atomic E-state index is 14.1. The second-order valence-corrected chi connectivity index (χ2v) is 6.69. The average molecular weight is 366 g/mol. The largest absolute Gasteiger partial charge is 0.409 e. The van der Waals surface area contributed by atoms with E-state index in [0.717, 1.165) is 25.0 Å². The van der Waals surface area contributed by atoms with Gasteiger partial charge in [-0.1, -0.05) is 43.5 Å². The lowest BCUT2D eigenvalue weighted by Gasteiger charge is -2.22. The fraction of sp³-hybridized carbons (Fsp3) is 0.333. The van der Waals surface area contributed by atoms with E-state index in [1.165, 1.54) is 24.8 Å². The SMILES string of the molecule is Fc1cc(-c2ccc(C3CCCCC3)cc2)cc(F)c1/C=C/C(F)(F)F. The van der Waals surface area contributed by atoms with Crippen molar-refractivity contribution in [1.82, 2.24) is 0 Å². The first-order valence-electron chi connectivity index (χ1n) is 8.69. The molecule has 0 atom stereocenters. The van der Waals surface area contributed by atoms with E-state index in [9.17, 15) is 22.0 Å². The molecule has 0 unspecified atom stereocenters. The van der Waals surface area contributed by atoms with Crippen LogP contribution < -0.4 is 0 Å². The highest BCUT2D eigenvalue weighted by Crippen LogP contribution is 2.34. The highest BCUT2D eigenvalue weighted by molar-refractivity contribution is 5.67. The van der Waals surface area contributed by atoms with Gasteiger partial charge in [0.2, 0.25) is 0 Å². The molecule has 0 bridgehead atoms. The van der Waals surface area contributed by atoms with Crippen LogP contribution in [-0.4, -0.2) is 6.18 Å². The molecular weight excluding hydrogens is 347 g/mol. The van der Waals surface area contributed by atoms with Gasteiger partial charge < -0.3 is 0 Å². The summed E-state index contributed by atoms with van der Waals surface area (Å²) in [5.41, 5.74) is 1.47. The molecule has 1 saturated carbocycles. The van der Waals surface area contributed by atoms with E-state index in [1.807, 2.05) is 24.3 Å². The van der Waals surface area contributed by atoms with Gasteiger partial charge in [-0.3, -0.25) is 0 Å². The first-order valence-corrected chi connectivity index (χ1v) is 8.69. The second-order valence-electron chi connectivity index (χ2n) is 6.69.